The maximum absolute atomic E-state index is 13.4. The first kappa shape index (κ1) is 36.6. The van der Waals surface area contributed by atoms with E-state index in [9.17, 15) is 4.21 Å². The van der Waals surface area contributed by atoms with E-state index >= 15 is 0 Å². The van der Waals surface area contributed by atoms with E-state index in [1.54, 1.807) is 0 Å². The maximum atomic E-state index is 13.4. The Labute approximate surface area is 307 Å². The van der Waals surface area contributed by atoms with Crippen molar-refractivity contribution in [3.8, 4) is 0 Å². The monoisotopic (exact) mass is 742 g/mol. The molecule has 0 amide bonds. The van der Waals surface area contributed by atoms with E-state index in [0.717, 1.165) is 20.7 Å². The van der Waals surface area contributed by atoms with E-state index in [2.05, 4.69) is 139 Å². The molecule has 0 N–H and O–H groups in total. The molecule has 2 aliphatic heterocycles. The van der Waals surface area contributed by atoms with E-state index in [4.69, 9.17) is 26.7 Å². The molecular formula is C41H50O7SSi2. The molecular weight excluding hydrogens is 693 g/mol. The third kappa shape index (κ3) is 6.36. The van der Waals surface area contributed by atoms with Gasteiger partial charge >= 0.3 is 11.4 Å². The summed E-state index contributed by atoms with van der Waals surface area (Å²) in [5.41, 5.74) is 0. The van der Waals surface area contributed by atoms with Crippen LogP contribution < -0.4 is 20.7 Å². The minimum absolute atomic E-state index is 0.323. The molecule has 270 valence electrons. The van der Waals surface area contributed by atoms with Crippen molar-refractivity contribution in [1.29, 1.82) is 0 Å². The summed E-state index contributed by atoms with van der Waals surface area (Å²) in [6.45, 7) is 17.3. The predicted molar refractivity (Wildman–Crippen MR) is 207 cm³/mol. The first-order valence-electron chi connectivity index (χ1n) is 17.9. The Morgan fingerprint density at radius 2 is 0.784 bits per heavy atom. The summed E-state index contributed by atoms with van der Waals surface area (Å²) in [7, 11) is -6.26. The van der Waals surface area contributed by atoms with Gasteiger partial charge in [0.05, 0.1) is 0 Å². The summed E-state index contributed by atoms with van der Waals surface area (Å²) in [6, 6.07) is 42.0. The molecule has 4 aromatic carbocycles. The standard InChI is InChI=1S/C41H50O7SSi2/c1-39(2,3)50(29-21-13-9-14-22-29,30-23-15-10-16-24-30)47-37-33-34(44-41(7,8)43-33)38(36-35(37)45-49(42)46-36)48-51(40(4,5)6,31-25-17-11-18-26-31)32-27-19-12-20-28-32/h9-28,33-38H,1-8H3/t33-,34-,35+,36+,37-,38-/m0/s1. The van der Waals surface area contributed by atoms with Gasteiger partial charge in [0.15, 0.2) is 5.79 Å². The first-order valence-corrected chi connectivity index (χ1v) is 22.7. The minimum atomic E-state index is -3.13. The van der Waals surface area contributed by atoms with Crippen molar-refractivity contribution in [1.82, 2.24) is 0 Å². The van der Waals surface area contributed by atoms with Crippen LogP contribution in [0.25, 0.3) is 0 Å². The van der Waals surface area contributed by atoms with Crippen molar-refractivity contribution in [2.75, 3.05) is 0 Å². The number of hydrogen-bond donors (Lipinski definition) is 0. The smallest absolute Gasteiger partial charge is 0.305 e. The van der Waals surface area contributed by atoms with Crippen molar-refractivity contribution in [2.24, 2.45) is 0 Å². The van der Waals surface area contributed by atoms with Crippen LogP contribution in [-0.4, -0.2) is 63.3 Å². The Balaban J connectivity index is 1.40. The highest BCUT2D eigenvalue weighted by molar-refractivity contribution is 7.75. The summed E-state index contributed by atoms with van der Waals surface area (Å²) in [5.74, 6) is -0.951. The molecule has 0 unspecified atom stereocenters. The van der Waals surface area contributed by atoms with Gasteiger partial charge in [-0.3, -0.25) is 8.37 Å². The molecule has 10 heteroatoms. The zero-order valence-corrected chi connectivity index (χ0v) is 33.6. The first-order chi connectivity index (χ1) is 24.2. The summed E-state index contributed by atoms with van der Waals surface area (Å²) >= 11 is -2.03. The van der Waals surface area contributed by atoms with Gasteiger partial charge in [-0.15, -0.1) is 0 Å². The van der Waals surface area contributed by atoms with Gasteiger partial charge < -0.3 is 18.3 Å². The van der Waals surface area contributed by atoms with Crippen LogP contribution in [0.2, 0.25) is 10.1 Å². The maximum Gasteiger partial charge on any atom is 0.305 e. The topological polar surface area (TPSA) is 72.5 Å². The van der Waals surface area contributed by atoms with Crippen LogP contribution in [0.1, 0.15) is 55.4 Å². The summed E-state index contributed by atoms with van der Waals surface area (Å²) in [5, 5.41) is 3.86. The van der Waals surface area contributed by atoms with Crippen LogP contribution >= 0.6 is 0 Å². The quantitative estimate of drug-likeness (QED) is 0.213. The van der Waals surface area contributed by atoms with Gasteiger partial charge in [-0.05, 0) is 44.7 Å². The fraction of sp³-hybridized carbons (Fsp3) is 0.415. The number of fused-ring (bicyclic) bond motifs is 2. The van der Waals surface area contributed by atoms with E-state index < -0.39 is 70.4 Å². The number of ether oxygens (including phenoxy) is 2. The predicted octanol–water partition coefficient (Wildman–Crippen LogP) is 5.77. The van der Waals surface area contributed by atoms with Crippen LogP contribution in [0.4, 0.5) is 0 Å². The summed E-state index contributed by atoms with van der Waals surface area (Å²) < 4.78 is 55.2. The molecule has 7 rings (SSSR count). The number of hydrogen-bond acceptors (Lipinski definition) is 7. The van der Waals surface area contributed by atoms with Gasteiger partial charge in [-0.25, -0.2) is 0 Å². The molecule has 7 nitrogen and oxygen atoms in total. The highest BCUT2D eigenvalue weighted by Gasteiger charge is 2.68. The zero-order valence-electron chi connectivity index (χ0n) is 30.8. The fourth-order valence-electron chi connectivity index (χ4n) is 8.56. The average Bonchev–Trinajstić information content (AvgIpc) is 3.65. The third-order valence-corrected chi connectivity index (χ3v) is 21.4. The molecule has 1 aliphatic carbocycles. The van der Waals surface area contributed by atoms with Crippen LogP contribution in [0, 0.1) is 0 Å². The molecule has 51 heavy (non-hydrogen) atoms. The SMILES string of the molecule is CC1(C)O[C@H]2[C@H](O1)[C@H](O[Si](c1ccccc1)(c1ccccc1)C(C)(C)C)[C@@H]1OS(=O)O[C@H]1[C@H]2O[Si](c1ccccc1)(c1ccccc1)C(C)(C)C. The second-order valence-electron chi connectivity index (χ2n) is 16.4. The van der Waals surface area contributed by atoms with Gasteiger partial charge in [0, 0.05) is 0 Å². The highest BCUT2D eigenvalue weighted by Crippen LogP contribution is 2.49. The van der Waals surface area contributed by atoms with Crippen LogP contribution in [0.15, 0.2) is 121 Å². The van der Waals surface area contributed by atoms with Crippen molar-refractivity contribution in [3.63, 3.8) is 0 Å². The van der Waals surface area contributed by atoms with E-state index in [1.165, 1.54) is 0 Å². The molecule has 3 fully saturated rings. The van der Waals surface area contributed by atoms with Crippen LogP contribution in [0.3, 0.4) is 0 Å². The molecule has 2 saturated heterocycles. The molecule has 6 atom stereocenters. The van der Waals surface area contributed by atoms with Crippen LogP contribution in [-0.2, 0) is 38.1 Å². The Bertz CT molecular complexity index is 1600. The van der Waals surface area contributed by atoms with Crippen molar-refractivity contribution >= 4 is 48.7 Å². The van der Waals surface area contributed by atoms with E-state index in [-0.39, 0.29) is 10.1 Å². The second-order valence-corrected chi connectivity index (χ2v) is 25.7. The molecule has 0 bridgehead atoms. The number of rotatable bonds is 8. The largest absolute Gasteiger partial charge is 0.399 e. The van der Waals surface area contributed by atoms with Gasteiger partial charge in [0.25, 0.3) is 16.6 Å². The Hall–Kier alpha value is -2.78. The fourth-order valence-corrected chi connectivity index (χ4v) is 18.8. The molecule has 3 aliphatic rings. The summed E-state index contributed by atoms with van der Waals surface area (Å²) in [4.78, 5) is 0. The zero-order chi connectivity index (χ0) is 36.2. The molecule has 0 radical (unpaired) electrons. The van der Waals surface area contributed by atoms with Crippen LogP contribution in [0.5, 0.6) is 0 Å². The number of benzene rings is 4. The Kier molecular flexibility index (Phi) is 9.73. The van der Waals surface area contributed by atoms with Crippen molar-refractivity contribution < 1.29 is 30.9 Å². The van der Waals surface area contributed by atoms with Gasteiger partial charge in [-0.2, -0.15) is 4.21 Å². The lowest BCUT2D eigenvalue weighted by Crippen LogP contribution is -2.75. The molecule has 4 aromatic rings. The Morgan fingerprint density at radius 3 is 1.04 bits per heavy atom. The van der Waals surface area contributed by atoms with Crippen molar-refractivity contribution in [3.05, 3.63) is 121 Å². The third-order valence-electron chi connectivity index (χ3n) is 10.6. The summed E-state index contributed by atoms with van der Waals surface area (Å²) in [6.07, 6.45) is -4.09. The lowest BCUT2D eigenvalue weighted by atomic mass is 9.85. The van der Waals surface area contributed by atoms with Gasteiger partial charge in [-0.1, -0.05) is 163 Å². The van der Waals surface area contributed by atoms with Gasteiger partial charge in [0.1, 0.15) is 36.6 Å². The van der Waals surface area contributed by atoms with Crippen molar-refractivity contribution in [2.45, 2.75) is 108 Å². The molecule has 1 saturated carbocycles. The van der Waals surface area contributed by atoms with Gasteiger partial charge in [0.2, 0.25) is 0 Å². The van der Waals surface area contributed by atoms with E-state index in [0.29, 0.717) is 0 Å². The normalized spacial score (nSPS) is 27.9. The molecule has 2 heterocycles. The molecule has 0 aromatic heterocycles. The highest BCUT2D eigenvalue weighted by atomic mass is 32.2. The Morgan fingerprint density at radius 1 is 0.510 bits per heavy atom. The average molecular weight is 743 g/mol. The lowest BCUT2D eigenvalue weighted by molar-refractivity contribution is -0.157. The lowest BCUT2D eigenvalue weighted by Gasteiger charge is -2.52. The van der Waals surface area contributed by atoms with E-state index in [1.807, 2.05) is 38.1 Å². The second kappa shape index (κ2) is 13.6. The minimum Gasteiger partial charge on any atom is -0.399 e. The molecule has 0 spiro atoms.